The molecule has 0 spiro atoms. The SMILES string of the molecule is Oc1ccc2cnn(CC3CC3)c2c1. The van der Waals surface area contributed by atoms with Crippen molar-refractivity contribution in [1.82, 2.24) is 9.78 Å². The van der Waals surface area contributed by atoms with Crippen LogP contribution in [0, 0.1) is 5.92 Å². The summed E-state index contributed by atoms with van der Waals surface area (Å²) in [5.74, 6) is 1.12. The first-order valence-electron chi connectivity index (χ1n) is 4.97. The van der Waals surface area contributed by atoms with Gasteiger partial charge in [0.05, 0.1) is 11.7 Å². The van der Waals surface area contributed by atoms with Gasteiger partial charge in [-0.05, 0) is 30.9 Å². The third kappa shape index (κ3) is 1.25. The molecule has 1 aliphatic rings. The summed E-state index contributed by atoms with van der Waals surface area (Å²) in [6.07, 6.45) is 4.50. The number of hydrogen-bond donors (Lipinski definition) is 1. The lowest BCUT2D eigenvalue weighted by molar-refractivity contribution is 0.475. The highest BCUT2D eigenvalue weighted by atomic mass is 16.3. The summed E-state index contributed by atoms with van der Waals surface area (Å²) < 4.78 is 1.99. The van der Waals surface area contributed by atoms with Gasteiger partial charge in [0.1, 0.15) is 5.75 Å². The zero-order chi connectivity index (χ0) is 9.54. The molecule has 1 aromatic carbocycles. The van der Waals surface area contributed by atoms with Crippen molar-refractivity contribution in [1.29, 1.82) is 0 Å². The zero-order valence-electron chi connectivity index (χ0n) is 7.85. The molecule has 0 bridgehead atoms. The molecule has 1 aliphatic carbocycles. The maximum Gasteiger partial charge on any atom is 0.117 e. The van der Waals surface area contributed by atoms with Crippen molar-refractivity contribution in [2.75, 3.05) is 0 Å². The number of hydrogen-bond acceptors (Lipinski definition) is 2. The quantitative estimate of drug-likeness (QED) is 0.784. The predicted octanol–water partition coefficient (Wildman–Crippen LogP) is 2.15. The molecule has 72 valence electrons. The number of aromatic nitrogens is 2. The van der Waals surface area contributed by atoms with Gasteiger partial charge < -0.3 is 5.11 Å². The van der Waals surface area contributed by atoms with Crippen molar-refractivity contribution >= 4 is 10.9 Å². The first kappa shape index (κ1) is 7.85. The van der Waals surface area contributed by atoms with Gasteiger partial charge in [-0.1, -0.05) is 0 Å². The second-order valence-corrected chi connectivity index (χ2v) is 4.01. The Hall–Kier alpha value is -1.51. The molecule has 3 nitrogen and oxygen atoms in total. The fourth-order valence-electron chi connectivity index (χ4n) is 1.75. The monoisotopic (exact) mass is 188 g/mol. The van der Waals surface area contributed by atoms with Crippen molar-refractivity contribution in [2.24, 2.45) is 5.92 Å². The standard InChI is InChI=1S/C11H12N2O/c14-10-4-3-9-6-12-13(11(9)5-10)7-8-1-2-8/h3-6,8,14H,1-2,7H2. The minimum Gasteiger partial charge on any atom is -0.508 e. The summed E-state index contributed by atoms with van der Waals surface area (Å²) in [6.45, 7) is 0.993. The lowest BCUT2D eigenvalue weighted by Gasteiger charge is -2.01. The van der Waals surface area contributed by atoms with Gasteiger partial charge in [-0.15, -0.1) is 0 Å². The van der Waals surface area contributed by atoms with E-state index in [2.05, 4.69) is 5.10 Å². The molecule has 0 aliphatic heterocycles. The van der Waals surface area contributed by atoms with E-state index < -0.39 is 0 Å². The van der Waals surface area contributed by atoms with E-state index in [-0.39, 0.29) is 0 Å². The molecule has 1 saturated carbocycles. The Bertz CT molecular complexity index is 471. The molecule has 3 heteroatoms. The zero-order valence-corrected chi connectivity index (χ0v) is 7.85. The molecule has 1 heterocycles. The van der Waals surface area contributed by atoms with E-state index in [0.717, 1.165) is 23.4 Å². The van der Waals surface area contributed by atoms with E-state index in [0.29, 0.717) is 5.75 Å². The van der Waals surface area contributed by atoms with Crippen LogP contribution < -0.4 is 0 Å². The minimum absolute atomic E-state index is 0.315. The lowest BCUT2D eigenvalue weighted by atomic mass is 10.2. The topological polar surface area (TPSA) is 38.1 Å². The molecule has 2 aromatic rings. The van der Waals surface area contributed by atoms with E-state index in [1.54, 1.807) is 12.1 Å². The maximum atomic E-state index is 9.38. The number of phenolic OH excluding ortho intramolecular Hbond substituents is 1. The summed E-state index contributed by atoms with van der Waals surface area (Å²) in [5.41, 5.74) is 1.04. The molecule has 0 unspecified atom stereocenters. The van der Waals surface area contributed by atoms with Crippen molar-refractivity contribution in [3.63, 3.8) is 0 Å². The van der Waals surface area contributed by atoms with Crippen LogP contribution in [0.25, 0.3) is 10.9 Å². The van der Waals surface area contributed by atoms with E-state index in [1.165, 1.54) is 12.8 Å². The molecule has 0 amide bonds. The number of nitrogens with zero attached hydrogens (tertiary/aromatic N) is 2. The normalized spacial score (nSPS) is 16.3. The van der Waals surface area contributed by atoms with Gasteiger partial charge in [-0.3, -0.25) is 4.68 Å². The van der Waals surface area contributed by atoms with Crippen LogP contribution in [0.4, 0.5) is 0 Å². The Kier molecular flexibility index (Phi) is 1.54. The third-order valence-electron chi connectivity index (χ3n) is 2.76. The number of rotatable bonds is 2. The molecule has 1 aromatic heterocycles. The Labute approximate surface area is 82.0 Å². The first-order chi connectivity index (χ1) is 6.83. The number of phenols is 1. The van der Waals surface area contributed by atoms with Crippen LogP contribution in [0.1, 0.15) is 12.8 Å². The highest BCUT2D eigenvalue weighted by molar-refractivity contribution is 5.79. The van der Waals surface area contributed by atoms with Crippen LogP contribution in [0.3, 0.4) is 0 Å². The molecular weight excluding hydrogens is 176 g/mol. The summed E-state index contributed by atoms with van der Waals surface area (Å²) in [5, 5.41) is 14.8. The average molecular weight is 188 g/mol. The van der Waals surface area contributed by atoms with Crippen molar-refractivity contribution in [3.05, 3.63) is 24.4 Å². The molecule has 1 N–H and O–H groups in total. The van der Waals surface area contributed by atoms with Gasteiger partial charge in [0.25, 0.3) is 0 Å². The van der Waals surface area contributed by atoms with Crippen LogP contribution in [0.5, 0.6) is 5.75 Å². The molecule has 0 saturated heterocycles. The van der Waals surface area contributed by atoms with Crippen molar-refractivity contribution in [3.8, 4) is 5.75 Å². The molecular formula is C11H12N2O. The third-order valence-corrected chi connectivity index (χ3v) is 2.76. The highest BCUT2D eigenvalue weighted by Crippen LogP contribution is 2.31. The molecule has 1 fully saturated rings. The Morgan fingerprint density at radius 3 is 3.07 bits per heavy atom. The lowest BCUT2D eigenvalue weighted by Crippen LogP contribution is -2.00. The smallest absolute Gasteiger partial charge is 0.117 e. The minimum atomic E-state index is 0.315. The molecule has 0 radical (unpaired) electrons. The number of aromatic hydroxyl groups is 1. The van der Waals surface area contributed by atoms with Crippen LogP contribution in [0.15, 0.2) is 24.4 Å². The van der Waals surface area contributed by atoms with Crippen LogP contribution in [-0.4, -0.2) is 14.9 Å². The average Bonchev–Trinajstić information content (AvgIpc) is 2.90. The number of benzene rings is 1. The van der Waals surface area contributed by atoms with Gasteiger partial charge in [-0.25, -0.2) is 0 Å². The van der Waals surface area contributed by atoms with Gasteiger partial charge in [0.2, 0.25) is 0 Å². The summed E-state index contributed by atoms with van der Waals surface area (Å²) in [7, 11) is 0. The fraction of sp³-hybridized carbons (Fsp3) is 0.364. The van der Waals surface area contributed by atoms with E-state index in [1.807, 2.05) is 16.9 Å². The first-order valence-corrected chi connectivity index (χ1v) is 4.97. The second kappa shape index (κ2) is 2.74. The second-order valence-electron chi connectivity index (χ2n) is 4.01. The Morgan fingerprint density at radius 2 is 2.29 bits per heavy atom. The fourth-order valence-corrected chi connectivity index (χ4v) is 1.75. The van der Waals surface area contributed by atoms with Gasteiger partial charge in [0.15, 0.2) is 0 Å². The largest absolute Gasteiger partial charge is 0.508 e. The van der Waals surface area contributed by atoms with Crippen LogP contribution in [0.2, 0.25) is 0 Å². The van der Waals surface area contributed by atoms with Crippen LogP contribution >= 0.6 is 0 Å². The molecule has 0 atom stereocenters. The van der Waals surface area contributed by atoms with E-state index >= 15 is 0 Å². The predicted molar refractivity (Wildman–Crippen MR) is 54.1 cm³/mol. The summed E-state index contributed by atoms with van der Waals surface area (Å²) in [6, 6.07) is 5.39. The van der Waals surface area contributed by atoms with Gasteiger partial charge in [-0.2, -0.15) is 5.10 Å². The summed E-state index contributed by atoms with van der Waals surface area (Å²) in [4.78, 5) is 0. The molecule has 14 heavy (non-hydrogen) atoms. The highest BCUT2D eigenvalue weighted by Gasteiger charge is 2.22. The van der Waals surface area contributed by atoms with E-state index in [4.69, 9.17) is 0 Å². The van der Waals surface area contributed by atoms with Gasteiger partial charge >= 0.3 is 0 Å². The Balaban J connectivity index is 2.08. The number of fused-ring (bicyclic) bond motifs is 1. The van der Waals surface area contributed by atoms with E-state index in [9.17, 15) is 5.11 Å². The van der Waals surface area contributed by atoms with Crippen molar-refractivity contribution < 1.29 is 5.11 Å². The Morgan fingerprint density at radius 1 is 1.43 bits per heavy atom. The summed E-state index contributed by atoms with van der Waals surface area (Å²) >= 11 is 0. The maximum absolute atomic E-state index is 9.38. The molecule has 3 rings (SSSR count). The van der Waals surface area contributed by atoms with Crippen LogP contribution in [-0.2, 0) is 6.54 Å². The van der Waals surface area contributed by atoms with Crippen molar-refractivity contribution in [2.45, 2.75) is 19.4 Å². The van der Waals surface area contributed by atoms with Gasteiger partial charge in [0, 0.05) is 18.0 Å².